The number of nitrogens with two attached hydrogens (primary N) is 1. The van der Waals surface area contributed by atoms with Crippen molar-refractivity contribution in [3.63, 3.8) is 0 Å². The Labute approximate surface area is 144 Å². The van der Waals surface area contributed by atoms with E-state index in [0.29, 0.717) is 30.9 Å². The van der Waals surface area contributed by atoms with Crippen molar-refractivity contribution in [1.82, 2.24) is 9.88 Å². The summed E-state index contributed by atoms with van der Waals surface area (Å²) in [5.74, 6) is -0.0253. The highest BCUT2D eigenvalue weighted by Gasteiger charge is 2.21. The number of nitrogen functional groups attached to an aromatic ring is 1. The molecule has 0 radical (unpaired) electrons. The zero-order valence-corrected chi connectivity index (χ0v) is 13.6. The Morgan fingerprint density at radius 3 is 2.52 bits per heavy atom. The molecule has 0 spiro atoms. The Morgan fingerprint density at radius 1 is 1.16 bits per heavy atom. The first kappa shape index (κ1) is 16.7. The summed E-state index contributed by atoms with van der Waals surface area (Å²) in [6.07, 6.45) is 0. The van der Waals surface area contributed by atoms with Gasteiger partial charge in [-0.1, -0.05) is 24.3 Å². The molecule has 1 fully saturated rings. The number of H-pyrrole nitrogens is 1. The lowest BCUT2D eigenvalue weighted by Gasteiger charge is -2.27. The van der Waals surface area contributed by atoms with E-state index in [9.17, 15) is 15.3 Å². The maximum atomic E-state index is 12.1. The number of nitriles is 2. The van der Waals surface area contributed by atoms with Crippen molar-refractivity contribution in [2.45, 2.75) is 6.54 Å². The molecule has 2 aromatic rings. The Balaban J connectivity index is 2.16. The predicted molar refractivity (Wildman–Crippen MR) is 92.4 cm³/mol. The van der Waals surface area contributed by atoms with Crippen molar-refractivity contribution in [3.8, 4) is 23.3 Å². The molecule has 0 bridgehead atoms. The molecule has 7 nitrogen and oxygen atoms in total. The summed E-state index contributed by atoms with van der Waals surface area (Å²) in [5.41, 5.74) is 7.16. The topological polar surface area (TPSA) is 119 Å². The SMILES string of the molecule is N#Cc1c(N)[nH]c(=O)c(C#N)c1-c1ccccc1CN1CCOCC1. The summed E-state index contributed by atoms with van der Waals surface area (Å²) in [4.78, 5) is 16.7. The van der Waals surface area contributed by atoms with Crippen LogP contribution in [0.2, 0.25) is 0 Å². The molecule has 1 aliphatic rings. The first-order chi connectivity index (χ1) is 12.2. The first-order valence-corrected chi connectivity index (χ1v) is 7.90. The molecule has 0 amide bonds. The zero-order chi connectivity index (χ0) is 17.8. The van der Waals surface area contributed by atoms with Gasteiger partial charge < -0.3 is 15.5 Å². The summed E-state index contributed by atoms with van der Waals surface area (Å²) in [7, 11) is 0. The van der Waals surface area contributed by atoms with E-state index in [1.165, 1.54) is 0 Å². The summed E-state index contributed by atoms with van der Waals surface area (Å²) in [5, 5.41) is 18.9. The number of anilines is 1. The van der Waals surface area contributed by atoms with Crippen LogP contribution in [0.3, 0.4) is 0 Å². The van der Waals surface area contributed by atoms with Crippen molar-refractivity contribution in [1.29, 1.82) is 10.5 Å². The normalized spacial score (nSPS) is 14.6. The Bertz CT molecular complexity index is 930. The van der Waals surface area contributed by atoms with Gasteiger partial charge in [0.2, 0.25) is 0 Å². The fraction of sp³-hybridized carbons (Fsp3) is 0.278. The zero-order valence-electron chi connectivity index (χ0n) is 13.6. The number of benzene rings is 1. The number of ether oxygens (including phenoxy) is 1. The molecule has 1 aliphatic heterocycles. The van der Waals surface area contributed by atoms with E-state index in [0.717, 1.165) is 18.7 Å². The lowest BCUT2D eigenvalue weighted by Crippen LogP contribution is -2.35. The first-order valence-electron chi connectivity index (χ1n) is 7.90. The van der Waals surface area contributed by atoms with Crippen LogP contribution in [0, 0.1) is 22.7 Å². The molecule has 0 unspecified atom stereocenters. The molecule has 0 atom stereocenters. The number of hydrogen-bond donors (Lipinski definition) is 2. The summed E-state index contributed by atoms with van der Waals surface area (Å²) in [6, 6.07) is 11.4. The van der Waals surface area contributed by atoms with E-state index in [-0.39, 0.29) is 16.9 Å². The molecular weight excluding hydrogens is 318 g/mol. The van der Waals surface area contributed by atoms with Crippen molar-refractivity contribution in [3.05, 3.63) is 51.3 Å². The average Bonchev–Trinajstić information content (AvgIpc) is 2.62. The second-order valence-corrected chi connectivity index (χ2v) is 5.76. The molecule has 3 N–H and O–H groups in total. The highest BCUT2D eigenvalue weighted by Crippen LogP contribution is 2.31. The maximum Gasteiger partial charge on any atom is 0.268 e. The van der Waals surface area contributed by atoms with Gasteiger partial charge in [0, 0.05) is 25.2 Å². The Kier molecular flexibility index (Phi) is 4.80. The second-order valence-electron chi connectivity index (χ2n) is 5.76. The van der Waals surface area contributed by atoms with Gasteiger partial charge in [0.15, 0.2) is 0 Å². The van der Waals surface area contributed by atoms with Gasteiger partial charge in [-0.3, -0.25) is 9.69 Å². The molecule has 1 aromatic carbocycles. The van der Waals surface area contributed by atoms with E-state index >= 15 is 0 Å². The standard InChI is InChI=1S/C18H17N5O2/c19-9-14-16(15(10-20)18(24)22-17(14)21)13-4-2-1-3-12(13)11-23-5-7-25-8-6-23/h1-4H,5-8,11H2,(H3,21,22,24). The van der Waals surface area contributed by atoms with Crippen LogP contribution in [0.5, 0.6) is 0 Å². The quantitative estimate of drug-likeness (QED) is 0.870. The van der Waals surface area contributed by atoms with Crippen LogP contribution in [-0.4, -0.2) is 36.2 Å². The molecule has 3 rings (SSSR count). The third-order valence-corrected chi connectivity index (χ3v) is 4.25. The highest BCUT2D eigenvalue weighted by molar-refractivity contribution is 5.81. The lowest BCUT2D eigenvalue weighted by atomic mass is 9.92. The summed E-state index contributed by atoms with van der Waals surface area (Å²) in [6.45, 7) is 3.60. The summed E-state index contributed by atoms with van der Waals surface area (Å²) >= 11 is 0. The number of aromatic nitrogens is 1. The van der Waals surface area contributed by atoms with Gasteiger partial charge in [0.1, 0.15) is 29.1 Å². The lowest BCUT2D eigenvalue weighted by molar-refractivity contribution is 0.0342. The fourth-order valence-electron chi connectivity index (χ4n) is 3.01. The van der Waals surface area contributed by atoms with E-state index in [1.807, 2.05) is 36.4 Å². The third kappa shape index (κ3) is 3.24. The fourth-order valence-corrected chi connectivity index (χ4v) is 3.01. The number of aromatic amines is 1. The average molecular weight is 335 g/mol. The highest BCUT2D eigenvalue weighted by atomic mass is 16.5. The van der Waals surface area contributed by atoms with Crippen LogP contribution < -0.4 is 11.3 Å². The van der Waals surface area contributed by atoms with Gasteiger partial charge in [0.05, 0.1) is 13.2 Å². The molecular formula is C18H17N5O2. The van der Waals surface area contributed by atoms with Crippen molar-refractivity contribution < 1.29 is 4.74 Å². The molecule has 1 aromatic heterocycles. The van der Waals surface area contributed by atoms with Crippen LogP contribution in [0.25, 0.3) is 11.1 Å². The Morgan fingerprint density at radius 2 is 1.84 bits per heavy atom. The molecule has 1 saturated heterocycles. The molecule has 0 aliphatic carbocycles. The van der Waals surface area contributed by atoms with Gasteiger partial charge in [-0.2, -0.15) is 10.5 Å². The largest absolute Gasteiger partial charge is 0.384 e. The second kappa shape index (κ2) is 7.18. The van der Waals surface area contributed by atoms with Gasteiger partial charge in [-0.15, -0.1) is 0 Å². The number of rotatable bonds is 3. The number of nitrogens with one attached hydrogen (secondary N) is 1. The van der Waals surface area contributed by atoms with Crippen LogP contribution in [0.4, 0.5) is 5.82 Å². The van der Waals surface area contributed by atoms with Crippen LogP contribution in [0.15, 0.2) is 29.1 Å². The minimum Gasteiger partial charge on any atom is -0.384 e. The minimum atomic E-state index is -0.588. The van der Waals surface area contributed by atoms with E-state index in [2.05, 4.69) is 9.88 Å². The van der Waals surface area contributed by atoms with Crippen LogP contribution in [-0.2, 0) is 11.3 Å². The van der Waals surface area contributed by atoms with Gasteiger partial charge in [0.25, 0.3) is 5.56 Å². The molecule has 7 heteroatoms. The van der Waals surface area contributed by atoms with Gasteiger partial charge in [-0.05, 0) is 11.1 Å². The Hall–Kier alpha value is -3.13. The molecule has 126 valence electrons. The smallest absolute Gasteiger partial charge is 0.268 e. The van der Waals surface area contributed by atoms with E-state index in [4.69, 9.17) is 10.5 Å². The maximum absolute atomic E-state index is 12.1. The third-order valence-electron chi connectivity index (χ3n) is 4.25. The predicted octanol–water partition coefficient (Wildman–Crippen LogP) is 1.20. The monoisotopic (exact) mass is 335 g/mol. The summed E-state index contributed by atoms with van der Waals surface area (Å²) < 4.78 is 5.37. The minimum absolute atomic E-state index is 0.0253. The number of nitrogens with zero attached hydrogens (tertiary/aromatic N) is 3. The molecule has 2 heterocycles. The van der Waals surface area contributed by atoms with Crippen molar-refractivity contribution in [2.75, 3.05) is 32.0 Å². The number of hydrogen-bond acceptors (Lipinski definition) is 6. The van der Waals surface area contributed by atoms with Gasteiger partial charge >= 0.3 is 0 Å². The molecule has 0 saturated carbocycles. The number of morpholine rings is 1. The van der Waals surface area contributed by atoms with E-state index < -0.39 is 5.56 Å². The van der Waals surface area contributed by atoms with Gasteiger partial charge in [-0.25, -0.2) is 0 Å². The van der Waals surface area contributed by atoms with Crippen molar-refractivity contribution >= 4 is 5.82 Å². The molecule has 25 heavy (non-hydrogen) atoms. The van der Waals surface area contributed by atoms with Crippen molar-refractivity contribution in [2.24, 2.45) is 0 Å². The van der Waals surface area contributed by atoms with Crippen LogP contribution >= 0.6 is 0 Å². The van der Waals surface area contributed by atoms with Crippen LogP contribution in [0.1, 0.15) is 16.7 Å². The van der Waals surface area contributed by atoms with E-state index in [1.54, 1.807) is 0 Å². The number of pyridine rings is 1.